The molecular formula is C38H32N4O2. The van der Waals surface area contributed by atoms with Crippen molar-refractivity contribution in [2.24, 2.45) is 0 Å². The Kier molecular flexibility index (Phi) is 7.16. The van der Waals surface area contributed by atoms with Crippen LogP contribution in [0.4, 0.5) is 5.69 Å². The zero-order valence-electron chi connectivity index (χ0n) is 24.2. The maximum atomic E-state index is 11.7. The molecule has 4 aromatic carbocycles. The van der Waals surface area contributed by atoms with Crippen LogP contribution in [0.15, 0.2) is 134 Å². The number of nitrogens with two attached hydrogens (primary N) is 1. The Morgan fingerprint density at radius 2 is 1.34 bits per heavy atom. The number of benzene rings is 4. The minimum absolute atomic E-state index is 0.325. The van der Waals surface area contributed by atoms with Crippen molar-refractivity contribution in [3.8, 4) is 11.4 Å². The largest absolute Gasteiger partial charge is 0.478 e. The fourth-order valence-corrected chi connectivity index (χ4v) is 5.76. The van der Waals surface area contributed by atoms with E-state index in [1.165, 1.54) is 16.6 Å². The highest BCUT2D eigenvalue weighted by molar-refractivity contribution is 5.89. The third-order valence-electron chi connectivity index (χ3n) is 8.18. The first-order chi connectivity index (χ1) is 21.5. The number of carboxylic acids is 1. The number of pyridine rings is 1. The maximum Gasteiger partial charge on any atom is 0.337 e. The van der Waals surface area contributed by atoms with Crippen molar-refractivity contribution in [3.05, 3.63) is 156 Å². The van der Waals surface area contributed by atoms with E-state index in [9.17, 15) is 9.90 Å². The lowest BCUT2D eigenvalue weighted by Crippen LogP contribution is -2.07. The first-order valence-corrected chi connectivity index (χ1v) is 14.8. The van der Waals surface area contributed by atoms with Gasteiger partial charge in [-0.05, 0) is 103 Å². The van der Waals surface area contributed by atoms with Crippen molar-refractivity contribution < 1.29 is 9.90 Å². The van der Waals surface area contributed by atoms with Crippen molar-refractivity contribution in [1.29, 1.82) is 0 Å². The Bertz CT molecular complexity index is 2090. The first-order valence-electron chi connectivity index (χ1n) is 14.8. The standard InChI is InChI=1S/C24H20N2O2.C14H12N2/c27-24(28)21-14-19(17-7-8-17)15-25-22(21)13-16-6-9-23-18(12-16)10-11-26(23)20-4-2-1-3-5-20;15-12-6-7-14-11(10-12)8-9-16(14)13-4-2-1-3-5-13/h1-6,9-12,14-15,17H,7-8,13H2,(H,27,28);1-10H,15H2. The molecule has 216 valence electrons. The Balaban J connectivity index is 0.000000165. The number of fused-ring (bicyclic) bond motifs is 2. The molecular weight excluding hydrogens is 544 g/mol. The lowest BCUT2D eigenvalue weighted by molar-refractivity contribution is 0.0695. The molecule has 6 nitrogen and oxygen atoms in total. The molecule has 1 aliphatic rings. The summed E-state index contributed by atoms with van der Waals surface area (Å²) in [6.07, 6.45) is 8.77. The Labute approximate surface area is 255 Å². The van der Waals surface area contributed by atoms with Gasteiger partial charge in [-0.3, -0.25) is 4.98 Å². The monoisotopic (exact) mass is 576 g/mol. The molecule has 3 heterocycles. The third kappa shape index (κ3) is 5.57. The van der Waals surface area contributed by atoms with Crippen molar-refractivity contribution in [2.75, 3.05) is 5.73 Å². The summed E-state index contributed by atoms with van der Waals surface area (Å²) in [7, 11) is 0. The summed E-state index contributed by atoms with van der Waals surface area (Å²) in [5.41, 5.74) is 14.2. The van der Waals surface area contributed by atoms with Crippen LogP contribution in [0.2, 0.25) is 0 Å². The minimum atomic E-state index is -0.902. The summed E-state index contributed by atoms with van der Waals surface area (Å²) in [4.78, 5) is 16.2. The van der Waals surface area contributed by atoms with Crippen molar-refractivity contribution in [2.45, 2.75) is 25.2 Å². The molecule has 0 atom stereocenters. The van der Waals surface area contributed by atoms with E-state index >= 15 is 0 Å². The topological polar surface area (TPSA) is 86.1 Å². The van der Waals surface area contributed by atoms with Gasteiger partial charge in [0.2, 0.25) is 0 Å². The number of nitrogens with zero attached hydrogens (tertiary/aromatic N) is 3. The number of aromatic nitrogens is 3. The Hall–Kier alpha value is -5.62. The molecule has 1 saturated carbocycles. The van der Waals surface area contributed by atoms with Gasteiger partial charge in [0.15, 0.2) is 0 Å². The highest BCUT2D eigenvalue weighted by Gasteiger charge is 2.26. The smallest absolute Gasteiger partial charge is 0.337 e. The van der Waals surface area contributed by atoms with Crippen molar-refractivity contribution in [3.63, 3.8) is 0 Å². The van der Waals surface area contributed by atoms with E-state index in [1.54, 1.807) is 0 Å². The second-order valence-electron chi connectivity index (χ2n) is 11.3. The second kappa shape index (κ2) is 11.6. The zero-order valence-corrected chi connectivity index (χ0v) is 24.2. The van der Waals surface area contributed by atoms with E-state index in [-0.39, 0.29) is 0 Å². The molecule has 8 rings (SSSR count). The van der Waals surface area contributed by atoms with Crippen LogP contribution in [0, 0.1) is 0 Å². The van der Waals surface area contributed by atoms with E-state index in [4.69, 9.17) is 5.73 Å². The molecule has 44 heavy (non-hydrogen) atoms. The van der Waals surface area contributed by atoms with Crippen LogP contribution >= 0.6 is 0 Å². The zero-order chi connectivity index (χ0) is 30.0. The fraction of sp³-hybridized carbons (Fsp3) is 0.105. The number of hydrogen-bond donors (Lipinski definition) is 2. The average molecular weight is 577 g/mol. The fourth-order valence-electron chi connectivity index (χ4n) is 5.76. The van der Waals surface area contributed by atoms with Gasteiger partial charge in [-0.15, -0.1) is 0 Å². The van der Waals surface area contributed by atoms with Crippen LogP contribution in [0.5, 0.6) is 0 Å². The van der Waals surface area contributed by atoms with Gasteiger partial charge in [0.1, 0.15) is 0 Å². The maximum absolute atomic E-state index is 11.7. The summed E-state index contributed by atoms with van der Waals surface area (Å²) in [5, 5.41) is 11.9. The molecule has 3 N–H and O–H groups in total. The summed E-state index contributed by atoms with van der Waals surface area (Å²) < 4.78 is 4.32. The van der Waals surface area contributed by atoms with E-state index in [0.717, 1.165) is 46.2 Å². The highest BCUT2D eigenvalue weighted by atomic mass is 16.4. The van der Waals surface area contributed by atoms with Gasteiger partial charge < -0.3 is 20.0 Å². The summed E-state index contributed by atoms with van der Waals surface area (Å²) in [6.45, 7) is 0. The van der Waals surface area contributed by atoms with Crippen LogP contribution in [0.25, 0.3) is 33.2 Å². The summed E-state index contributed by atoms with van der Waals surface area (Å²) in [5.74, 6) is -0.407. The van der Waals surface area contributed by atoms with Gasteiger partial charge in [0.25, 0.3) is 0 Å². The first kappa shape index (κ1) is 27.2. The van der Waals surface area contributed by atoms with E-state index in [0.29, 0.717) is 23.6 Å². The quantitative estimate of drug-likeness (QED) is 0.195. The molecule has 0 aliphatic heterocycles. The predicted molar refractivity (Wildman–Crippen MR) is 177 cm³/mol. The second-order valence-corrected chi connectivity index (χ2v) is 11.3. The van der Waals surface area contributed by atoms with Gasteiger partial charge in [0, 0.05) is 52.8 Å². The van der Waals surface area contributed by atoms with E-state index in [2.05, 4.69) is 87.2 Å². The number of aromatic carboxylic acids is 1. The van der Waals surface area contributed by atoms with E-state index < -0.39 is 5.97 Å². The molecule has 0 spiro atoms. The van der Waals surface area contributed by atoms with Gasteiger partial charge in [-0.25, -0.2) is 4.79 Å². The molecule has 1 aliphatic carbocycles. The summed E-state index contributed by atoms with van der Waals surface area (Å²) >= 11 is 0. The normalized spacial score (nSPS) is 12.6. The number of carboxylic acid groups (broad SMARTS) is 1. The van der Waals surface area contributed by atoms with Crippen LogP contribution in [-0.2, 0) is 6.42 Å². The predicted octanol–water partition coefficient (Wildman–Crippen LogP) is 8.40. The minimum Gasteiger partial charge on any atom is -0.478 e. The van der Waals surface area contributed by atoms with Crippen LogP contribution in [-0.4, -0.2) is 25.2 Å². The van der Waals surface area contributed by atoms with Gasteiger partial charge >= 0.3 is 5.97 Å². The van der Waals surface area contributed by atoms with Crippen LogP contribution in [0.3, 0.4) is 0 Å². The molecule has 0 radical (unpaired) electrons. The van der Waals surface area contributed by atoms with Crippen LogP contribution in [0.1, 0.15) is 45.9 Å². The number of anilines is 1. The molecule has 6 heteroatoms. The molecule has 0 saturated heterocycles. The SMILES string of the molecule is Nc1ccc2c(ccn2-c2ccccc2)c1.O=C(O)c1cc(C2CC2)cnc1Cc1ccc2c(ccn2-c2ccccc2)c1. The number of rotatable bonds is 6. The molecule has 0 bridgehead atoms. The van der Waals surface area contributed by atoms with Crippen molar-refractivity contribution in [1.82, 2.24) is 14.1 Å². The van der Waals surface area contributed by atoms with Gasteiger partial charge in [0.05, 0.1) is 22.3 Å². The number of para-hydroxylation sites is 2. The average Bonchev–Trinajstić information content (AvgIpc) is 3.69. The van der Waals surface area contributed by atoms with E-state index in [1.807, 2.05) is 60.8 Å². The highest BCUT2D eigenvalue weighted by Crippen LogP contribution is 2.40. The molecule has 3 aromatic heterocycles. The van der Waals surface area contributed by atoms with Crippen molar-refractivity contribution >= 4 is 33.5 Å². The van der Waals surface area contributed by atoms with Crippen LogP contribution < -0.4 is 5.73 Å². The number of nitrogen functional groups attached to an aromatic ring is 1. The number of hydrogen-bond acceptors (Lipinski definition) is 3. The Morgan fingerprint density at radius 1 is 0.750 bits per heavy atom. The lowest BCUT2D eigenvalue weighted by atomic mass is 10.0. The molecule has 0 unspecified atom stereocenters. The van der Waals surface area contributed by atoms with Gasteiger partial charge in [-0.2, -0.15) is 0 Å². The third-order valence-corrected chi connectivity index (χ3v) is 8.18. The number of carbonyl (C=O) groups is 1. The van der Waals surface area contributed by atoms with Gasteiger partial charge in [-0.1, -0.05) is 42.5 Å². The lowest BCUT2D eigenvalue weighted by Gasteiger charge is -2.09. The Morgan fingerprint density at radius 3 is 1.93 bits per heavy atom. The molecule has 0 amide bonds. The summed E-state index contributed by atoms with van der Waals surface area (Å²) in [6, 6.07) is 38.8. The molecule has 7 aromatic rings. The molecule has 1 fully saturated rings.